The van der Waals surface area contributed by atoms with E-state index >= 15 is 0 Å². The molecule has 2 nitrogen and oxygen atoms in total. The lowest BCUT2D eigenvalue weighted by Gasteiger charge is -2.27. The van der Waals surface area contributed by atoms with Crippen LogP contribution in [0.1, 0.15) is 39.2 Å². The van der Waals surface area contributed by atoms with Gasteiger partial charge in [0.25, 0.3) is 0 Å². The second-order valence-electron chi connectivity index (χ2n) is 4.94. The molecule has 102 valence electrons. The summed E-state index contributed by atoms with van der Waals surface area (Å²) in [5, 5.41) is 0.794. The molecule has 18 heavy (non-hydrogen) atoms. The molecule has 1 unspecified atom stereocenters. The van der Waals surface area contributed by atoms with Crippen molar-refractivity contribution in [3.63, 3.8) is 0 Å². The molecular formula is C15H25ClN2. The first kappa shape index (κ1) is 15.3. The highest BCUT2D eigenvalue weighted by Crippen LogP contribution is 2.26. The van der Waals surface area contributed by atoms with Crippen LogP contribution in [0.4, 0.5) is 5.69 Å². The van der Waals surface area contributed by atoms with E-state index in [2.05, 4.69) is 30.9 Å². The molecule has 0 aliphatic rings. The molecule has 0 heterocycles. The molecule has 1 atom stereocenters. The van der Waals surface area contributed by atoms with Crippen molar-refractivity contribution in [3.05, 3.63) is 28.8 Å². The Bertz CT molecular complexity index is 358. The van der Waals surface area contributed by atoms with Gasteiger partial charge < -0.3 is 10.6 Å². The molecule has 1 rings (SSSR count). The smallest absolute Gasteiger partial charge is 0.0410 e. The lowest BCUT2D eigenvalue weighted by Crippen LogP contribution is -2.27. The molecule has 0 bridgehead atoms. The van der Waals surface area contributed by atoms with Gasteiger partial charge in [0.1, 0.15) is 0 Å². The van der Waals surface area contributed by atoms with Gasteiger partial charge in [-0.15, -0.1) is 0 Å². The summed E-state index contributed by atoms with van der Waals surface area (Å²) in [7, 11) is 0. The maximum absolute atomic E-state index is 6.10. The Morgan fingerprint density at radius 3 is 2.33 bits per heavy atom. The van der Waals surface area contributed by atoms with Crippen LogP contribution >= 0.6 is 11.6 Å². The summed E-state index contributed by atoms with van der Waals surface area (Å²) < 4.78 is 0. The Kier molecular flexibility index (Phi) is 6.51. The molecule has 0 radical (unpaired) electrons. The first-order chi connectivity index (χ1) is 8.58. The van der Waals surface area contributed by atoms with E-state index in [1.807, 2.05) is 13.0 Å². The molecule has 0 aromatic heterocycles. The highest BCUT2D eigenvalue weighted by Gasteiger charge is 2.11. The predicted octanol–water partition coefficient (Wildman–Crippen LogP) is 3.86. The quantitative estimate of drug-likeness (QED) is 0.814. The molecule has 0 saturated heterocycles. The molecule has 0 fully saturated rings. The molecule has 0 aliphatic heterocycles. The van der Waals surface area contributed by atoms with Crippen LogP contribution in [0.5, 0.6) is 0 Å². The van der Waals surface area contributed by atoms with Gasteiger partial charge in [-0.3, -0.25) is 0 Å². The van der Waals surface area contributed by atoms with E-state index < -0.39 is 0 Å². The monoisotopic (exact) mass is 268 g/mol. The average Bonchev–Trinajstić information content (AvgIpc) is 2.28. The molecule has 1 aromatic carbocycles. The Labute approximate surface area is 116 Å². The lowest BCUT2D eigenvalue weighted by atomic mass is 10.0. The van der Waals surface area contributed by atoms with Gasteiger partial charge in [-0.25, -0.2) is 0 Å². The SMILES string of the molecule is CCCN(CCC)c1ccc(Cl)cc1CC(C)N. The van der Waals surface area contributed by atoms with Crippen molar-refractivity contribution in [3.8, 4) is 0 Å². The van der Waals surface area contributed by atoms with Crippen LogP contribution in [-0.4, -0.2) is 19.1 Å². The van der Waals surface area contributed by atoms with Gasteiger partial charge in [-0.2, -0.15) is 0 Å². The van der Waals surface area contributed by atoms with Gasteiger partial charge in [-0.1, -0.05) is 25.4 Å². The van der Waals surface area contributed by atoms with Crippen LogP contribution in [0.25, 0.3) is 0 Å². The first-order valence-corrected chi connectivity index (χ1v) is 7.25. The van der Waals surface area contributed by atoms with E-state index in [0.717, 1.165) is 37.4 Å². The fourth-order valence-corrected chi connectivity index (χ4v) is 2.46. The van der Waals surface area contributed by atoms with Crippen molar-refractivity contribution in [1.29, 1.82) is 0 Å². The van der Waals surface area contributed by atoms with E-state index in [4.69, 9.17) is 17.3 Å². The third kappa shape index (κ3) is 4.51. The molecule has 1 aromatic rings. The Morgan fingerprint density at radius 1 is 1.22 bits per heavy atom. The van der Waals surface area contributed by atoms with Crippen molar-refractivity contribution in [2.75, 3.05) is 18.0 Å². The van der Waals surface area contributed by atoms with Crippen molar-refractivity contribution >= 4 is 17.3 Å². The van der Waals surface area contributed by atoms with Crippen LogP contribution in [0.2, 0.25) is 5.02 Å². The number of hydrogen-bond acceptors (Lipinski definition) is 2. The van der Waals surface area contributed by atoms with Crippen molar-refractivity contribution < 1.29 is 0 Å². The normalized spacial score (nSPS) is 12.5. The van der Waals surface area contributed by atoms with Crippen LogP contribution in [0, 0.1) is 0 Å². The largest absolute Gasteiger partial charge is 0.371 e. The third-order valence-electron chi connectivity index (χ3n) is 2.91. The molecule has 2 N–H and O–H groups in total. The van der Waals surface area contributed by atoms with Crippen LogP contribution in [0.3, 0.4) is 0 Å². The van der Waals surface area contributed by atoms with E-state index in [9.17, 15) is 0 Å². The Balaban J connectivity index is 3.02. The molecule has 0 amide bonds. The number of rotatable bonds is 7. The second-order valence-corrected chi connectivity index (χ2v) is 5.38. The topological polar surface area (TPSA) is 29.3 Å². The van der Waals surface area contributed by atoms with Crippen molar-refractivity contribution in [1.82, 2.24) is 0 Å². The number of halogens is 1. The summed E-state index contributed by atoms with van der Waals surface area (Å²) >= 11 is 6.10. The summed E-state index contributed by atoms with van der Waals surface area (Å²) in [5.74, 6) is 0. The van der Waals surface area contributed by atoms with Gasteiger partial charge in [0, 0.05) is 29.8 Å². The number of nitrogens with zero attached hydrogens (tertiary/aromatic N) is 1. The van der Waals surface area contributed by atoms with E-state index in [0.29, 0.717) is 0 Å². The number of benzene rings is 1. The molecule has 0 aliphatic carbocycles. The summed E-state index contributed by atoms with van der Waals surface area (Å²) in [6.45, 7) is 8.63. The van der Waals surface area contributed by atoms with Gasteiger partial charge in [0.05, 0.1) is 0 Å². The van der Waals surface area contributed by atoms with Crippen LogP contribution in [0.15, 0.2) is 18.2 Å². The molecular weight excluding hydrogens is 244 g/mol. The zero-order chi connectivity index (χ0) is 13.5. The standard InChI is InChI=1S/C15H25ClN2/c1-4-8-18(9-5-2)15-7-6-14(16)11-13(15)10-12(3)17/h6-7,11-12H,4-5,8-10,17H2,1-3H3. The minimum Gasteiger partial charge on any atom is -0.371 e. The van der Waals surface area contributed by atoms with E-state index in [1.165, 1.54) is 11.3 Å². The second kappa shape index (κ2) is 7.65. The van der Waals surface area contributed by atoms with Crippen LogP contribution < -0.4 is 10.6 Å². The van der Waals surface area contributed by atoms with Gasteiger partial charge in [0.2, 0.25) is 0 Å². The fraction of sp³-hybridized carbons (Fsp3) is 0.600. The zero-order valence-electron chi connectivity index (χ0n) is 11.7. The van der Waals surface area contributed by atoms with Crippen molar-refractivity contribution in [2.45, 2.75) is 46.1 Å². The fourth-order valence-electron chi connectivity index (χ4n) is 2.27. The van der Waals surface area contributed by atoms with E-state index in [-0.39, 0.29) is 6.04 Å². The highest BCUT2D eigenvalue weighted by molar-refractivity contribution is 6.30. The predicted molar refractivity (Wildman–Crippen MR) is 81.6 cm³/mol. The minimum absolute atomic E-state index is 0.160. The third-order valence-corrected chi connectivity index (χ3v) is 3.15. The van der Waals surface area contributed by atoms with Gasteiger partial charge in [0.15, 0.2) is 0 Å². The summed E-state index contributed by atoms with van der Waals surface area (Å²) in [6, 6.07) is 6.32. The minimum atomic E-state index is 0.160. The van der Waals surface area contributed by atoms with Gasteiger partial charge in [-0.05, 0) is 49.9 Å². The molecule has 3 heteroatoms. The summed E-state index contributed by atoms with van der Waals surface area (Å²) in [6.07, 6.45) is 3.18. The number of hydrogen-bond donors (Lipinski definition) is 1. The molecule has 0 spiro atoms. The van der Waals surface area contributed by atoms with Crippen LogP contribution in [-0.2, 0) is 6.42 Å². The first-order valence-electron chi connectivity index (χ1n) is 6.87. The molecule has 0 saturated carbocycles. The van der Waals surface area contributed by atoms with E-state index in [1.54, 1.807) is 0 Å². The Morgan fingerprint density at radius 2 is 1.83 bits per heavy atom. The van der Waals surface area contributed by atoms with Gasteiger partial charge >= 0.3 is 0 Å². The number of anilines is 1. The average molecular weight is 269 g/mol. The maximum atomic E-state index is 6.10. The lowest BCUT2D eigenvalue weighted by molar-refractivity contribution is 0.713. The highest BCUT2D eigenvalue weighted by atomic mass is 35.5. The number of nitrogens with two attached hydrogens (primary N) is 1. The maximum Gasteiger partial charge on any atom is 0.0410 e. The summed E-state index contributed by atoms with van der Waals surface area (Å²) in [4.78, 5) is 2.44. The Hall–Kier alpha value is -0.730. The summed E-state index contributed by atoms with van der Waals surface area (Å²) in [5.41, 5.74) is 8.49. The zero-order valence-corrected chi connectivity index (χ0v) is 12.5. The van der Waals surface area contributed by atoms with Crippen molar-refractivity contribution in [2.24, 2.45) is 5.73 Å².